The predicted molar refractivity (Wildman–Crippen MR) is 74.7 cm³/mol. The summed E-state index contributed by atoms with van der Waals surface area (Å²) in [7, 11) is 1.68. The molecule has 0 saturated carbocycles. The molecule has 1 unspecified atom stereocenters. The van der Waals surface area contributed by atoms with Gasteiger partial charge in [0.15, 0.2) is 0 Å². The van der Waals surface area contributed by atoms with Gasteiger partial charge in [-0.2, -0.15) is 0 Å². The van der Waals surface area contributed by atoms with Gasteiger partial charge in [0.2, 0.25) is 0 Å². The van der Waals surface area contributed by atoms with Gasteiger partial charge in [-0.25, -0.2) is 4.39 Å². The number of likely N-dealkylation sites (N-methyl/N-ethyl adjacent to an activating group) is 1. The van der Waals surface area contributed by atoms with Gasteiger partial charge >= 0.3 is 0 Å². The number of nitrogens with zero attached hydrogens (tertiary/aromatic N) is 1. The molecule has 1 amide bonds. The number of benzene rings is 1. The van der Waals surface area contributed by atoms with Crippen molar-refractivity contribution in [1.29, 1.82) is 0 Å². The van der Waals surface area contributed by atoms with Gasteiger partial charge < -0.3 is 9.64 Å². The first-order valence-corrected chi connectivity index (χ1v) is 7.20. The van der Waals surface area contributed by atoms with Gasteiger partial charge in [-0.05, 0) is 47.3 Å². The molecular formula is C14H17BrFNO2. The summed E-state index contributed by atoms with van der Waals surface area (Å²) in [5.41, 5.74) is 0.0904. The van der Waals surface area contributed by atoms with Crippen LogP contribution in [0.15, 0.2) is 22.7 Å². The van der Waals surface area contributed by atoms with Crippen molar-refractivity contribution in [3.63, 3.8) is 0 Å². The van der Waals surface area contributed by atoms with Crippen LogP contribution in [0.1, 0.15) is 29.6 Å². The van der Waals surface area contributed by atoms with E-state index < -0.39 is 5.82 Å². The van der Waals surface area contributed by atoms with Crippen molar-refractivity contribution in [2.75, 3.05) is 20.2 Å². The van der Waals surface area contributed by atoms with E-state index in [9.17, 15) is 9.18 Å². The third-order valence-electron chi connectivity index (χ3n) is 3.28. The van der Waals surface area contributed by atoms with Gasteiger partial charge in [-0.1, -0.05) is 6.07 Å². The van der Waals surface area contributed by atoms with Gasteiger partial charge in [0.1, 0.15) is 5.82 Å². The molecule has 0 spiro atoms. The van der Waals surface area contributed by atoms with Crippen LogP contribution < -0.4 is 0 Å². The molecule has 1 aromatic rings. The number of ether oxygens (including phenoxy) is 1. The number of carbonyl (C=O) groups is 1. The fraction of sp³-hybridized carbons (Fsp3) is 0.500. The Morgan fingerprint density at radius 1 is 1.53 bits per heavy atom. The molecule has 104 valence electrons. The Labute approximate surface area is 120 Å². The molecule has 3 nitrogen and oxygen atoms in total. The third kappa shape index (κ3) is 3.54. The highest BCUT2D eigenvalue weighted by molar-refractivity contribution is 9.10. The Bertz CT molecular complexity index is 461. The Morgan fingerprint density at radius 3 is 3.00 bits per heavy atom. The number of amides is 1. The average molecular weight is 330 g/mol. The SMILES string of the molecule is CN(CC1CCCCO1)C(=O)c1cccc(Br)c1F. The minimum atomic E-state index is -0.510. The Morgan fingerprint density at radius 2 is 2.32 bits per heavy atom. The number of hydrogen-bond acceptors (Lipinski definition) is 2. The number of rotatable bonds is 3. The molecule has 1 saturated heterocycles. The summed E-state index contributed by atoms with van der Waals surface area (Å²) in [6, 6.07) is 4.74. The zero-order valence-corrected chi connectivity index (χ0v) is 12.5. The van der Waals surface area contributed by atoms with Crippen LogP contribution in [-0.2, 0) is 4.74 Å². The molecule has 1 aromatic carbocycles. The monoisotopic (exact) mass is 329 g/mol. The number of hydrogen-bond donors (Lipinski definition) is 0. The summed E-state index contributed by atoms with van der Waals surface area (Å²) in [4.78, 5) is 13.7. The Hall–Kier alpha value is -0.940. The molecule has 0 aromatic heterocycles. The zero-order chi connectivity index (χ0) is 13.8. The van der Waals surface area contributed by atoms with Crippen LogP contribution in [0.4, 0.5) is 4.39 Å². The highest BCUT2D eigenvalue weighted by atomic mass is 79.9. The molecule has 1 aliphatic heterocycles. The number of halogens is 2. The minimum absolute atomic E-state index is 0.0675. The van der Waals surface area contributed by atoms with E-state index in [1.165, 1.54) is 11.0 Å². The van der Waals surface area contributed by atoms with Crippen LogP contribution in [-0.4, -0.2) is 37.1 Å². The van der Waals surface area contributed by atoms with Crippen molar-refractivity contribution in [3.8, 4) is 0 Å². The molecule has 1 atom stereocenters. The van der Waals surface area contributed by atoms with Crippen LogP contribution in [0.5, 0.6) is 0 Å². The Balaban J connectivity index is 2.03. The quantitative estimate of drug-likeness (QED) is 0.852. The lowest BCUT2D eigenvalue weighted by atomic mass is 10.1. The Kier molecular flexibility index (Phi) is 4.93. The van der Waals surface area contributed by atoms with Gasteiger partial charge in [0.25, 0.3) is 5.91 Å². The zero-order valence-electron chi connectivity index (χ0n) is 10.9. The molecular weight excluding hydrogens is 313 g/mol. The summed E-state index contributed by atoms with van der Waals surface area (Å²) in [5.74, 6) is -0.822. The van der Waals surface area contributed by atoms with Gasteiger partial charge in [0, 0.05) is 20.2 Å². The molecule has 19 heavy (non-hydrogen) atoms. The standard InChI is InChI=1S/C14H17BrFNO2/c1-17(9-10-5-2-3-8-19-10)14(18)11-6-4-7-12(15)13(11)16/h4,6-7,10H,2-3,5,8-9H2,1H3. The van der Waals surface area contributed by atoms with E-state index in [0.717, 1.165) is 25.9 Å². The smallest absolute Gasteiger partial charge is 0.256 e. The first kappa shape index (κ1) is 14.5. The molecule has 1 aliphatic rings. The van der Waals surface area contributed by atoms with Crippen LogP contribution in [0.2, 0.25) is 0 Å². The van der Waals surface area contributed by atoms with E-state index in [1.807, 2.05) is 0 Å². The van der Waals surface area contributed by atoms with E-state index in [1.54, 1.807) is 19.2 Å². The van der Waals surface area contributed by atoms with Crippen molar-refractivity contribution in [1.82, 2.24) is 4.90 Å². The largest absolute Gasteiger partial charge is 0.376 e. The van der Waals surface area contributed by atoms with Crippen molar-refractivity contribution >= 4 is 21.8 Å². The van der Waals surface area contributed by atoms with Gasteiger partial charge in [-0.3, -0.25) is 4.79 Å². The average Bonchev–Trinajstić information content (AvgIpc) is 2.42. The van der Waals surface area contributed by atoms with Crippen molar-refractivity contribution in [3.05, 3.63) is 34.1 Å². The highest BCUT2D eigenvalue weighted by Crippen LogP contribution is 2.20. The summed E-state index contributed by atoms with van der Waals surface area (Å²) >= 11 is 3.09. The predicted octanol–water partition coefficient (Wildman–Crippen LogP) is 3.23. The molecule has 1 heterocycles. The maximum atomic E-state index is 13.9. The minimum Gasteiger partial charge on any atom is -0.376 e. The van der Waals surface area contributed by atoms with E-state index in [2.05, 4.69) is 15.9 Å². The van der Waals surface area contributed by atoms with Crippen LogP contribution in [0.3, 0.4) is 0 Å². The molecule has 1 fully saturated rings. The molecule has 2 rings (SSSR count). The lowest BCUT2D eigenvalue weighted by Crippen LogP contribution is -2.37. The molecule has 0 aliphatic carbocycles. The number of carbonyl (C=O) groups excluding carboxylic acids is 1. The van der Waals surface area contributed by atoms with E-state index in [-0.39, 0.29) is 17.6 Å². The van der Waals surface area contributed by atoms with Crippen molar-refractivity contribution in [2.24, 2.45) is 0 Å². The first-order chi connectivity index (χ1) is 9.09. The first-order valence-electron chi connectivity index (χ1n) is 6.40. The maximum Gasteiger partial charge on any atom is 0.256 e. The summed E-state index contributed by atoms with van der Waals surface area (Å²) in [6.07, 6.45) is 3.23. The van der Waals surface area contributed by atoms with Crippen molar-refractivity contribution < 1.29 is 13.9 Å². The normalized spacial score (nSPS) is 19.2. The van der Waals surface area contributed by atoms with Crippen LogP contribution >= 0.6 is 15.9 Å². The fourth-order valence-electron chi connectivity index (χ4n) is 2.21. The second kappa shape index (κ2) is 6.48. The summed E-state index contributed by atoms with van der Waals surface area (Å²) in [5, 5.41) is 0. The second-order valence-electron chi connectivity index (χ2n) is 4.78. The van der Waals surface area contributed by atoms with Gasteiger partial charge in [-0.15, -0.1) is 0 Å². The highest BCUT2D eigenvalue weighted by Gasteiger charge is 2.22. The van der Waals surface area contributed by atoms with E-state index in [0.29, 0.717) is 11.0 Å². The topological polar surface area (TPSA) is 29.5 Å². The van der Waals surface area contributed by atoms with E-state index in [4.69, 9.17) is 4.74 Å². The lowest BCUT2D eigenvalue weighted by molar-refractivity contribution is -0.000273. The van der Waals surface area contributed by atoms with Crippen LogP contribution in [0.25, 0.3) is 0 Å². The third-order valence-corrected chi connectivity index (χ3v) is 3.89. The summed E-state index contributed by atoms with van der Waals surface area (Å²) in [6.45, 7) is 1.25. The lowest BCUT2D eigenvalue weighted by Gasteiger charge is -2.27. The fourth-order valence-corrected chi connectivity index (χ4v) is 2.58. The molecule has 0 radical (unpaired) electrons. The molecule has 0 N–H and O–H groups in total. The van der Waals surface area contributed by atoms with Gasteiger partial charge in [0.05, 0.1) is 16.1 Å². The van der Waals surface area contributed by atoms with Crippen molar-refractivity contribution in [2.45, 2.75) is 25.4 Å². The second-order valence-corrected chi connectivity index (χ2v) is 5.63. The molecule has 0 bridgehead atoms. The van der Waals surface area contributed by atoms with Crippen LogP contribution in [0, 0.1) is 5.82 Å². The maximum absolute atomic E-state index is 13.9. The van der Waals surface area contributed by atoms with E-state index >= 15 is 0 Å². The molecule has 5 heteroatoms. The summed E-state index contributed by atoms with van der Waals surface area (Å²) < 4.78 is 19.8.